The number of nitrogens with zero attached hydrogens (tertiary/aromatic N) is 3. The molecule has 0 unspecified atom stereocenters. The Labute approximate surface area is 111 Å². The fourth-order valence-corrected chi connectivity index (χ4v) is 1.63. The standard InChI is InChI=1S/C13H17N5O/c1-9(2)6-15-7-10-5-12(19)18-13(17-10)11-8-14-3-4-16-11/h3-5,8-9,15H,6-7H2,1-2H3,(H,17,18,19). The number of nitrogens with one attached hydrogen (secondary N) is 2. The first-order valence-corrected chi connectivity index (χ1v) is 6.22. The van der Waals surface area contributed by atoms with Crippen molar-refractivity contribution in [2.75, 3.05) is 6.54 Å². The largest absolute Gasteiger partial charge is 0.311 e. The van der Waals surface area contributed by atoms with Crippen molar-refractivity contribution in [3.05, 3.63) is 40.7 Å². The lowest BCUT2D eigenvalue weighted by Gasteiger charge is -2.07. The summed E-state index contributed by atoms with van der Waals surface area (Å²) in [7, 11) is 0. The van der Waals surface area contributed by atoms with Crippen molar-refractivity contribution in [1.82, 2.24) is 25.3 Å². The van der Waals surface area contributed by atoms with E-state index in [1.165, 1.54) is 6.07 Å². The Morgan fingerprint density at radius 1 is 1.37 bits per heavy atom. The Morgan fingerprint density at radius 2 is 2.21 bits per heavy atom. The number of hydrogen-bond donors (Lipinski definition) is 2. The van der Waals surface area contributed by atoms with Crippen LogP contribution in [0.15, 0.2) is 29.5 Å². The summed E-state index contributed by atoms with van der Waals surface area (Å²) in [5.74, 6) is 1.00. The molecule has 0 aliphatic heterocycles. The highest BCUT2D eigenvalue weighted by atomic mass is 16.1. The van der Waals surface area contributed by atoms with Gasteiger partial charge in [0, 0.05) is 25.0 Å². The summed E-state index contributed by atoms with van der Waals surface area (Å²) in [5, 5.41) is 3.26. The summed E-state index contributed by atoms with van der Waals surface area (Å²) in [4.78, 5) is 26.7. The van der Waals surface area contributed by atoms with Crippen molar-refractivity contribution in [2.45, 2.75) is 20.4 Å². The molecule has 2 heterocycles. The lowest BCUT2D eigenvalue weighted by atomic mass is 10.2. The van der Waals surface area contributed by atoms with E-state index in [9.17, 15) is 4.79 Å². The number of rotatable bonds is 5. The van der Waals surface area contributed by atoms with Gasteiger partial charge in [0.15, 0.2) is 5.82 Å². The van der Waals surface area contributed by atoms with Gasteiger partial charge in [-0.05, 0) is 12.5 Å². The van der Waals surface area contributed by atoms with Gasteiger partial charge in [-0.3, -0.25) is 9.78 Å². The topological polar surface area (TPSA) is 83.6 Å². The van der Waals surface area contributed by atoms with Crippen LogP contribution in [0.2, 0.25) is 0 Å². The predicted molar refractivity (Wildman–Crippen MR) is 72.4 cm³/mol. The van der Waals surface area contributed by atoms with Gasteiger partial charge in [0.2, 0.25) is 0 Å². The van der Waals surface area contributed by atoms with Crippen LogP contribution in [0.4, 0.5) is 0 Å². The van der Waals surface area contributed by atoms with Crippen molar-refractivity contribution in [1.29, 1.82) is 0 Å². The molecule has 6 nitrogen and oxygen atoms in total. The maximum atomic E-state index is 11.6. The molecule has 100 valence electrons. The molecule has 6 heteroatoms. The summed E-state index contributed by atoms with van der Waals surface area (Å²) in [6.45, 7) is 5.71. The second kappa shape index (κ2) is 6.19. The number of aromatic amines is 1. The van der Waals surface area contributed by atoms with Gasteiger partial charge in [-0.15, -0.1) is 0 Å². The third kappa shape index (κ3) is 3.96. The second-order valence-corrected chi connectivity index (χ2v) is 4.70. The fourth-order valence-electron chi connectivity index (χ4n) is 1.63. The van der Waals surface area contributed by atoms with Crippen molar-refractivity contribution in [3.8, 4) is 11.5 Å². The zero-order chi connectivity index (χ0) is 13.7. The average molecular weight is 259 g/mol. The van der Waals surface area contributed by atoms with E-state index in [0.717, 1.165) is 6.54 Å². The van der Waals surface area contributed by atoms with E-state index in [0.29, 0.717) is 29.7 Å². The molecule has 2 aromatic heterocycles. The van der Waals surface area contributed by atoms with Crippen LogP contribution >= 0.6 is 0 Å². The van der Waals surface area contributed by atoms with Crippen molar-refractivity contribution in [2.24, 2.45) is 5.92 Å². The zero-order valence-corrected chi connectivity index (χ0v) is 11.1. The molecule has 2 rings (SSSR count). The SMILES string of the molecule is CC(C)CNCc1cc(=O)[nH]c(-c2cnccn2)n1. The van der Waals surface area contributed by atoms with Gasteiger partial charge in [-0.2, -0.15) is 0 Å². The van der Waals surface area contributed by atoms with Gasteiger partial charge < -0.3 is 10.3 Å². The Balaban J connectivity index is 2.18. The van der Waals surface area contributed by atoms with Crippen molar-refractivity contribution < 1.29 is 0 Å². The van der Waals surface area contributed by atoms with E-state index >= 15 is 0 Å². The summed E-state index contributed by atoms with van der Waals surface area (Å²) >= 11 is 0. The smallest absolute Gasteiger partial charge is 0.251 e. The molecule has 0 aromatic carbocycles. The molecule has 0 aliphatic rings. The lowest BCUT2D eigenvalue weighted by molar-refractivity contribution is 0.548. The normalized spacial score (nSPS) is 10.9. The van der Waals surface area contributed by atoms with Crippen LogP contribution in [0.25, 0.3) is 11.5 Å². The second-order valence-electron chi connectivity index (χ2n) is 4.70. The fraction of sp³-hybridized carbons (Fsp3) is 0.385. The van der Waals surface area contributed by atoms with Crippen LogP contribution in [0.1, 0.15) is 19.5 Å². The molecular formula is C13H17N5O. The summed E-state index contributed by atoms with van der Waals surface area (Å²) in [6, 6.07) is 1.49. The Hall–Kier alpha value is -2.08. The van der Waals surface area contributed by atoms with Crippen molar-refractivity contribution in [3.63, 3.8) is 0 Å². The highest BCUT2D eigenvalue weighted by Gasteiger charge is 2.05. The maximum absolute atomic E-state index is 11.6. The van der Waals surface area contributed by atoms with E-state index in [4.69, 9.17) is 0 Å². The van der Waals surface area contributed by atoms with E-state index in [-0.39, 0.29) is 5.56 Å². The quantitative estimate of drug-likeness (QED) is 0.836. The minimum absolute atomic E-state index is 0.183. The first-order chi connectivity index (χ1) is 9.15. The monoisotopic (exact) mass is 259 g/mol. The molecule has 0 atom stereocenters. The molecule has 0 saturated carbocycles. The maximum Gasteiger partial charge on any atom is 0.251 e. The predicted octanol–water partition coefficient (Wildman–Crippen LogP) is 0.972. The van der Waals surface area contributed by atoms with Crippen molar-refractivity contribution >= 4 is 0 Å². The van der Waals surface area contributed by atoms with Gasteiger partial charge in [0.05, 0.1) is 11.9 Å². The zero-order valence-electron chi connectivity index (χ0n) is 11.1. The Morgan fingerprint density at radius 3 is 2.89 bits per heavy atom. The molecule has 0 amide bonds. The van der Waals surface area contributed by atoms with Crippen LogP contribution < -0.4 is 10.9 Å². The third-order valence-corrected chi connectivity index (χ3v) is 2.46. The molecule has 0 saturated heterocycles. The Bertz CT molecular complexity index is 579. The van der Waals surface area contributed by atoms with Gasteiger partial charge in [-0.1, -0.05) is 13.8 Å². The minimum atomic E-state index is -0.183. The molecule has 2 aromatic rings. The molecule has 0 aliphatic carbocycles. The van der Waals surface area contributed by atoms with Crippen LogP contribution in [-0.2, 0) is 6.54 Å². The first kappa shape index (κ1) is 13.4. The van der Waals surface area contributed by atoms with Crippen LogP contribution in [-0.4, -0.2) is 26.5 Å². The molecule has 19 heavy (non-hydrogen) atoms. The molecule has 0 bridgehead atoms. The highest BCUT2D eigenvalue weighted by molar-refractivity contribution is 5.46. The first-order valence-electron chi connectivity index (χ1n) is 6.22. The minimum Gasteiger partial charge on any atom is -0.311 e. The molecule has 2 N–H and O–H groups in total. The molecule has 0 fully saturated rings. The highest BCUT2D eigenvalue weighted by Crippen LogP contribution is 2.07. The van der Waals surface area contributed by atoms with Crippen LogP contribution in [0.5, 0.6) is 0 Å². The van der Waals surface area contributed by atoms with Gasteiger partial charge in [-0.25, -0.2) is 9.97 Å². The lowest BCUT2D eigenvalue weighted by Crippen LogP contribution is -2.21. The summed E-state index contributed by atoms with van der Waals surface area (Å²) in [6.07, 6.45) is 4.72. The molecular weight excluding hydrogens is 242 g/mol. The van der Waals surface area contributed by atoms with Crippen LogP contribution in [0, 0.1) is 5.92 Å². The van der Waals surface area contributed by atoms with Gasteiger partial charge >= 0.3 is 0 Å². The number of aromatic nitrogens is 4. The van der Waals surface area contributed by atoms with E-state index in [2.05, 4.69) is 39.1 Å². The Kier molecular flexibility index (Phi) is 4.35. The number of H-pyrrole nitrogens is 1. The summed E-state index contributed by atoms with van der Waals surface area (Å²) < 4.78 is 0. The summed E-state index contributed by atoms with van der Waals surface area (Å²) in [5.41, 5.74) is 1.08. The van der Waals surface area contributed by atoms with Gasteiger partial charge in [0.1, 0.15) is 5.69 Å². The van der Waals surface area contributed by atoms with Crippen LogP contribution in [0.3, 0.4) is 0 Å². The van der Waals surface area contributed by atoms with E-state index < -0.39 is 0 Å². The van der Waals surface area contributed by atoms with E-state index in [1.54, 1.807) is 18.6 Å². The average Bonchev–Trinajstić information content (AvgIpc) is 2.39. The van der Waals surface area contributed by atoms with Gasteiger partial charge in [0.25, 0.3) is 5.56 Å². The van der Waals surface area contributed by atoms with E-state index in [1.807, 2.05) is 0 Å². The molecule has 0 spiro atoms. The third-order valence-electron chi connectivity index (χ3n) is 2.46. The molecule has 0 radical (unpaired) electrons. The number of hydrogen-bond acceptors (Lipinski definition) is 5.